The molecule has 1 heterocycles. The number of hydrogen-bond acceptors (Lipinski definition) is 4. The largest absolute Gasteiger partial charge is 0.443 e. The van der Waals surface area contributed by atoms with Crippen molar-refractivity contribution < 1.29 is 9.25 Å². The van der Waals surface area contributed by atoms with E-state index >= 15 is 0 Å². The molecule has 1 atom stereocenters. The Morgan fingerprint density at radius 3 is 2.55 bits per heavy atom. The number of aromatic nitrogens is 1. The first-order valence-electron chi connectivity index (χ1n) is 3.44. The van der Waals surface area contributed by atoms with Gasteiger partial charge in [-0.3, -0.25) is 4.84 Å². The maximum absolute atomic E-state index is 5.25. The van der Waals surface area contributed by atoms with Crippen LogP contribution in [0, 0.1) is 13.8 Å². The van der Waals surface area contributed by atoms with Gasteiger partial charge in [-0.1, -0.05) is 0 Å². The summed E-state index contributed by atoms with van der Waals surface area (Å²) >= 11 is 0. The van der Waals surface area contributed by atoms with Crippen LogP contribution in [-0.4, -0.2) is 4.98 Å². The maximum atomic E-state index is 5.25. The van der Waals surface area contributed by atoms with Crippen molar-refractivity contribution in [3.63, 3.8) is 0 Å². The smallest absolute Gasteiger partial charge is 0.225 e. The number of nitrogens with two attached hydrogens (primary N) is 1. The van der Waals surface area contributed by atoms with Crippen LogP contribution in [0.3, 0.4) is 0 Å². The molecule has 0 aliphatic heterocycles. The van der Waals surface area contributed by atoms with E-state index in [-0.39, 0.29) is 6.10 Å². The Kier molecular flexibility index (Phi) is 2.26. The maximum Gasteiger partial charge on any atom is 0.225 e. The fraction of sp³-hybridized carbons (Fsp3) is 0.571. The van der Waals surface area contributed by atoms with Crippen LogP contribution in [0.2, 0.25) is 0 Å². The van der Waals surface area contributed by atoms with Gasteiger partial charge in [-0.2, -0.15) is 0 Å². The van der Waals surface area contributed by atoms with Crippen molar-refractivity contribution in [2.24, 2.45) is 5.90 Å². The number of aryl methyl sites for hydroxylation is 2. The molecule has 0 spiro atoms. The molecule has 4 nitrogen and oxygen atoms in total. The van der Waals surface area contributed by atoms with Crippen molar-refractivity contribution in [2.45, 2.75) is 26.9 Å². The lowest BCUT2D eigenvalue weighted by molar-refractivity contribution is 0.0464. The summed E-state index contributed by atoms with van der Waals surface area (Å²) in [6.07, 6.45) is -0.276. The summed E-state index contributed by atoms with van der Waals surface area (Å²) < 4.78 is 5.25. The summed E-state index contributed by atoms with van der Waals surface area (Å²) in [4.78, 5) is 8.66. The Labute approximate surface area is 65.3 Å². The molecule has 0 saturated heterocycles. The lowest BCUT2D eigenvalue weighted by Crippen LogP contribution is -2.05. The third-order valence-corrected chi connectivity index (χ3v) is 1.60. The predicted molar refractivity (Wildman–Crippen MR) is 39.7 cm³/mol. The molecule has 4 heteroatoms. The monoisotopic (exact) mass is 156 g/mol. The molecule has 0 radical (unpaired) electrons. The van der Waals surface area contributed by atoms with Gasteiger partial charge in [0.15, 0.2) is 6.10 Å². The number of nitrogens with zero attached hydrogens (tertiary/aromatic N) is 1. The van der Waals surface area contributed by atoms with Gasteiger partial charge in [0.25, 0.3) is 0 Å². The van der Waals surface area contributed by atoms with Crippen LogP contribution in [0.4, 0.5) is 0 Å². The minimum Gasteiger partial charge on any atom is -0.443 e. The molecule has 1 aromatic heterocycles. The van der Waals surface area contributed by atoms with Gasteiger partial charge in [0, 0.05) is 0 Å². The fourth-order valence-electron chi connectivity index (χ4n) is 0.730. The highest BCUT2D eigenvalue weighted by Crippen LogP contribution is 2.16. The van der Waals surface area contributed by atoms with Crippen LogP contribution < -0.4 is 5.90 Å². The van der Waals surface area contributed by atoms with Crippen LogP contribution >= 0.6 is 0 Å². The van der Waals surface area contributed by atoms with E-state index in [4.69, 9.17) is 10.3 Å². The van der Waals surface area contributed by atoms with Gasteiger partial charge >= 0.3 is 0 Å². The van der Waals surface area contributed by atoms with Crippen LogP contribution in [0.15, 0.2) is 4.42 Å². The Bertz CT molecular complexity index is 225. The molecule has 1 unspecified atom stereocenters. The predicted octanol–water partition coefficient (Wildman–Crippen LogP) is 1.24. The summed E-state index contributed by atoms with van der Waals surface area (Å²) in [6.45, 7) is 5.52. The highest BCUT2D eigenvalue weighted by Gasteiger charge is 2.12. The molecular weight excluding hydrogens is 144 g/mol. The number of hydrogen-bond donors (Lipinski definition) is 1. The van der Waals surface area contributed by atoms with Gasteiger partial charge in [0.1, 0.15) is 5.76 Å². The molecule has 1 rings (SSSR count). The van der Waals surface area contributed by atoms with E-state index in [0.717, 1.165) is 11.5 Å². The van der Waals surface area contributed by atoms with Crippen LogP contribution in [0.25, 0.3) is 0 Å². The van der Waals surface area contributed by atoms with Gasteiger partial charge in [-0.05, 0) is 20.8 Å². The third kappa shape index (κ3) is 1.58. The minimum absolute atomic E-state index is 0.276. The van der Waals surface area contributed by atoms with Crippen LogP contribution in [0.1, 0.15) is 30.4 Å². The molecule has 0 bridgehead atoms. The zero-order valence-corrected chi connectivity index (χ0v) is 6.92. The van der Waals surface area contributed by atoms with Gasteiger partial charge < -0.3 is 4.42 Å². The molecule has 62 valence electrons. The molecule has 0 aliphatic carbocycles. The average molecular weight is 156 g/mol. The summed E-state index contributed by atoms with van der Waals surface area (Å²) in [5.41, 5.74) is 0.879. The molecule has 0 aliphatic rings. The van der Waals surface area contributed by atoms with Crippen molar-refractivity contribution in [1.82, 2.24) is 4.98 Å². The van der Waals surface area contributed by atoms with Gasteiger partial charge in [-0.25, -0.2) is 10.9 Å². The summed E-state index contributed by atoms with van der Waals surface area (Å²) in [5, 5.41) is 0. The van der Waals surface area contributed by atoms with E-state index in [9.17, 15) is 0 Å². The Balaban J connectivity index is 2.88. The second-order valence-corrected chi connectivity index (χ2v) is 2.47. The van der Waals surface area contributed by atoms with Gasteiger partial charge in [0.2, 0.25) is 5.89 Å². The SMILES string of the molecule is Cc1nc(C(C)ON)oc1C. The van der Waals surface area contributed by atoms with Crippen molar-refractivity contribution >= 4 is 0 Å². The quantitative estimate of drug-likeness (QED) is 0.654. The first-order valence-corrected chi connectivity index (χ1v) is 3.44. The molecule has 1 aromatic rings. The van der Waals surface area contributed by atoms with Crippen molar-refractivity contribution in [2.75, 3.05) is 0 Å². The highest BCUT2D eigenvalue weighted by molar-refractivity contribution is 5.06. The molecule has 0 fully saturated rings. The fourth-order valence-corrected chi connectivity index (χ4v) is 0.730. The Morgan fingerprint density at radius 1 is 1.55 bits per heavy atom. The lowest BCUT2D eigenvalue weighted by atomic mass is 10.4. The topological polar surface area (TPSA) is 61.3 Å². The van der Waals surface area contributed by atoms with E-state index in [2.05, 4.69) is 9.82 Å². The molecule has 2 N–H and O–H groups in total. The van der Waals surface area contributed by atoms with Crippen molar-refractivity contribution in [3.05, 3.63) is 17.3 Å². The van der Waals surface area contributed by atoms with E-state index < -0.39 is 0 Å². The zero-order chi connectivity index (χ0) is 8.43. The second-order valence-electron chi connectivity index (χ2n) is 2.47. The molecule has 0 amide bonds. The van der Waals surface area contributed by atoms with E-state index in [1.165, 1.54) is 0 Å². The Morgan fingerprint density at radius 2 is 2.18 bits per heavy atom. The number of oxazole rings is 1. The van der Waals surface area contributed by atoms with Gasteiger partial charge in [0.05, 0.1) is 5.69 Å². The highest BCUT2D eigenvalue weighted by atomic mass is 16.6. The first kappa shape index (κ1) is 8.23. The third-order valence-electron chi connectivity index (χ3n) is 1.60. The number of rotatable bonds is 2. The molecular formula is C7H12N2O2. The van der Waals surface area contributed by atoms with E-state index in [0.29, 0.717) is 5.89 Å². The second kappa shape index (κ2) is 3.02. The van der Waals surface area contributed by atoms with Gasteiger partial charge in [-0.15, -0.1) is 0 Å². The van der Waals surface area contributed by atoms with Crippen LogP contribution in [-0.2, 0) is 4.84 Å². The Hall–Kier alpha value is -0.870. The minimum atomic E-state index is -0.276. The van der Waals surface area contributed by atoms with E-state index in [1.54, 1.807) is 6.92 Å². The molecule has 11 heavy (non-hydrogen) atoms. The van der Waals surface area contributed by atoms with E-state index in [1.807, 2.05) is 13.8 Å². The van der Waals surface area contributed by atoms with Crippen LogP contribution in [0.5, 0.6) is 0 Å². The standard InChI is InChI=1S/C7H12N2O2/c1-4-5(2)10-7(9-4)6(3)11-8/h6H,8H2,1-3H3. The normalized spacial score (nSPS) is 13.5. The molecule has 0 saturated carbocycles. The lowest BCUT2D eigenvalue weighted by Gasteiger charge is -2.00. The summed E-state index contributed by atoms with van der Waals surface area (Å²) in [6, 6.07) is 0. The first-order chi connectivity index (χ1) is 5.15. The van der Waals surface area contributed by atoms with Crippen molar-refractivity contribution in [1.29, 1.82) is 0 Å². The summed E-state index contributed by atoms with van der Waals surface area (Å²) in [5.74, 6) is 6.30. The summed E-state index contributed by atoms with van der Waals surface area (Å²) in [7, 11) is 0. The molecule has 0 aromatic carbocycles. The average Bonchev–Trinajstić information content (AvgIpc) is 2.31. The van der Waals surface area contributed by atoms with Crippen molar-refractivity contribution in [3.8, 4) is 0 Å². The zero-order valence-electron chi connectivity index (χ0n) is 6.92.